The number of esters is 1. The third kappa shape index (κ3) is 4.72. The predicted molar refractivity (Wildman–Crippen MR) is 114 cm³/mol. The summed E-state index contributed by atoms with van der Waals surface area (Å²) in [6.07, 6.45) is -5.12. The lowest BCUT2D eigenvalue weighted by atomic mass is 9.95. The van der Waals surface area contributed by atoms with Crippen molar-refractivity contribution >= 4 is 23.3 Å². The molecule has 1 unspecified atom stereocenters. The largest absolute Gasteiger partial charge is 0.457 e. The fourth-order valence-corrected chi connectivity index (χ4v) is 3.49. The quantitative estimate of drug-likeness (QED) is 0.470. The third-order valence-electron chi connectivity index (χ3n) is 4.89. The van der Waals surface area contributed by atoms with Gasteiger partial charge in [-0.15, -0.1) is 0 Å². The summed E-state index contributed by atoms with van der Waals surface area (Å²) < 4.78 is 59.8. The van der Waals surface area contributed by atoms with Gasteiger partial charge in [0.1, 0.15) is 17.1 Å². The minimum atomic E-state index is -4.97. The maximum Gasteiger partial charge on any atom is 0.431 e. The molecule has 0 bridgehead atoms. The van der Waals surface area contributed by atoms with E-state index < -0.39 is 51.8 Å². The lowest BCUT2D eigenvalue weighted by Crippen LogP contribution is -2.41. The molecule has 0 aliphatic carbocycles. The number of benzene rings is 1. The van der Waals surface area contributed by atoms with E-state index in [2.05, 4.69) is 5.16 Å². The van der Waals surface area contributed by atoms with Crippen molar-refractivity contribution in [3.8, 4) is 5.69 Å². The Morgan fingerprint density at radius 2 is 1.82 bits per heavy atom. The van der Waals surface area contributed by atoms with Crippen LogP contribution >= 0.6 is 11.6 Å². The number of alkyl halides is 3. The molecule has 13 heteroatoms. The van der Waals surface area contributed by atoms with Crippen molar-refractivity contribution in [1.29, 1.82) is 0 Å². The monoisotopic (exact) mass is 505 g/mol. The summed E-state index contributed by atoms with van der Waals surface area (Å²) in [5.74, 6) is -1.85. The van der Waals surface area contributed by atoms with Gasteiger partial charge in [0.15, 0.2) is 0 Å². The fourth-order valence-electron chi connectivity index (χ4n) is 3.23. The zero-order valence-electron chi connectivity index (χ0n) is 18.7. The van der Waals surface area contributed by atoms with Crippen molar-refractivity contribution in [3.05, 3.63) is 61.1 Å². The van der Waals surface area contributed by atoms with Crippen LogP contribution in [0.3, 0.4) is 0 Å². The second kappa shape index (κ2) is 8.26. The number of halogens is 5. The molecule has 0 spiro atoms. The lowest BCUT2D eigenvalue weighted by molar-refractivity contribution is -0.178. The van der Waals surface area contributed by atoms with E-state index in [1.807, 2.05) is 0 Å². The van der Waals surface area contributed by atoms with Crippen LogP contribution in [0.15, 0.2) is 32.9 Å². The van der Waals surface area contributed by atoms with Crippen LogP contribution < -0.4 is 11.2 Å². The average molecular weight is 506 g/mol. The van der Waals surface area contributed by atoms with Crippen LogP contribution in [-0.4, -0.2) is 32.0 Å². The Labute approximate surface area is 195 Å². The zero-order chi connectivity index (χ0) is 25.8. The van der Waals surface area contributed by atoms with Gasteiger partial charge in [-0.2, -0.15) is 13.2 Å². The summed E-state index contributed by atoms with van der Waals surface area (Å²) in [5, 5.41) is 3.65. The summed E-state index contributed by atoms with van der Waals surface area (Å²) >= 11 is 6.13. The summed E-state index contributed by atoms with van der Waals surface area (Å²) in [7, 11) is 0.803. The van der Waals surface area contributed by atoms with Crippen LogP contribution in [0.2, 0.25) is 5.02 Å². The first-order valence-electron chi connectivity index (χ1n) is 9.83. The normalized spacial score (nSPS) is 18.5. The molecule has 1 aromatic heterocycles. The maximum absolute atomic E-state index is 14.7. The molecule has 1 atom stereocenters. The number of ether oxygens (including phenoxy) is 1. The summed E-state index contributed by atoms with van der Waals surface area (Å²) in [4.78, 5) is 42.8. The van der Waals surface area contributed by atoms with Crippen molar-refractivity contribution in [2.45, 2.75) is 51.5 Å². The first-order valence-corrected chi connectivity index (χ1v) is 10.2. The number of carbonyl (C=O) groups is 1. The van der Waals surface area contributed by atoms with Gasteiger partial charge in [0, 0.05) is 25.1 Å². The Kier molecular flexibility index (Phi) is 6.19. The van der Waals surface area contributed by atoms with E-state index in [4.69, 9.17) is 21.2 Å². The minimum absolute atomic E-state index is 0.0131. The SMILES string of the molecule is Cn1c(C(F)(F)F)cc(=O)n(-c2cc(C3=NOC(C)(C(=O)OC(C)(C)C)C3)c(Cl)cc2F)c1=O. The number of aromatic nitrogens is 2. The molecule has 0 saturated heterocycles. The van der Waals surface area contributed by atoms with Crippen molar-refractivity contribution in [1.82, 2.24) is 9.13 Å². The Bertz CT molecular complexity index is 1320. The van der Waals surface area contributed by atoms with Crippen molar-refractivity contribution in [2.24, 2.45) is 12.2 Å². The van der Waals surface area contributed by atoms with E-state index in [0.717, 1.165) is 19.2 Å². The number of carbonyl (C=O) groups excluding carboxylic acids is 1. The standard InChI is InChI=1S/C21H20ClF4N3O5/c1-19(2,3)33-17(31)20(4)9-13(27-34-20)10-6-14(12(23)7-11(10)22)29-16(30)8-15(21(24,25)26)28(5)18(29)32/h6-8H,9H2,1-5H3. The molecule has 2 aromatic rings. The van der Waals surface area contributed by atoms with Crippen LogP contribution in [-0.2, 0) is 27.6 Å². The molecule has 8 nitrogen and oxygen atoms in total. The van der Waals surface area contributed by atoms with Gasteiger partial charge in [-0.25, -0.2) is 18.5 Å². The van der Waals surface area contributed by atoms with Gasteiger partial charge in [-0.3, -0.25) is 9.36 Å². The van der Waals surface area contributed by atoms with E-state index in [0.29, 0.717) is 0 Å². The molecule has 34 heavy (non-hydrogen) atoms. The molecule has 0 N–H and O–H groups in total. The topological polar surface area (TPSA) is 91.9 Å². The summed E-state index contributed by atoms with van der Waals surface area (Å²) in [5.41, 5.74) is -7.20. The Balaban J connectivity index is 2.08. The van der Waals surface area contributed by atoms with Gasteiger partial charge in [-0.1, -0.05) is 16.8 Å². The highest BCUT2D eigenvalue weighted by Crippen LogP contribution is 2.33. The molecule has 0 amide bonds. The molecule has 184 valence electrons. The van der Waals surface area contributed by atoms with Crippen LogP contribution in [0.25, 0.3) is 5.69 Å². The number of oxime groups is 1. The first kappa shape index (κ1) is 25.5. The lowest BCUT2D eigenvalue weighted by Gasteiger charge is -2.26. The highest BCUT2D eigenvalue weighted by molar-refractivity contribution is 6.34. The Hall–Kier alpha value is -3.15. The van der Waals surface area contributed by atoms with E-state index in [1.165, 1.54) is 6.92 Å². The van der Waals surface area contributed by atoms with Gasteiger partial charge in [0.2, 0.25) is 5.60 Å². The van der Waals surface area contributed by atoms with Gasteiger partial charge < -0.3 is 9.57 Å². The summed E-state index contributed by atoms with van der Waals surface area (Å²) in [6.45, 7) is 6.41. The molecule has 0 radical (unpaired) electrons. The van der Waals surface area contributed by atoms with Gasteiger partial charge in [-0.05, 0) is 39.8 Å². The van der Waals surface area contributed by atoms with Gasteiger partial charge in [0.25, 0.3) is 5.56 Å². The number of rotatable bonds is 3. The first-order chi connectivity index (χ1) is 15.4. The van der Waals surface area contributed by atoms with Crippen LogP contribution in [0, 0.1) is 5.82 Å². The molecule has 0 fully saturated rings. The number of hydrogen-bond acceptors (Lipinski definition) is 6. The van der Waals surface area contributed by atoms with Crippen LogP contribution in [0.4, 0.5) is 17.6 Å². The number of nitrogens with zero attached hydrogens (tertiary/aromatic N) is 3. The second-order valence-corrected chi connectivity index (χ2v) is 9.27. The molecule has 0 saturated carbocycles. The Morgan fingerprint density at radius 3 is 2.38 bits per heavy atom. The van der Waals surface area contributed by atoms with E-state index in [1.54, 1.807) is 20.8 Å². The third-order valence-corrected chi connectivity index (χ3v) is 5.20. The molecular weight excluding hydrogens is 486 g/mol. The number of hydrogen-bond donors (Lipinski definition) is 0. The van der Waals surface area contributed by atoms with Gasteiger partial charge >= 0.3 is 17.8 Å². The van der Waals surface area contributed by atoms with E-state index >= 15 is 0 Å². The van der Waals surface area contributed by atoms with Crippen molar-refractivity contribution < 1.29 is 31.9 Å². The molecule has 2 heterocycles. The molecule has 1 aliphatic heterocycles. The zero-order valence-corrected chi connectivity index (χ0v) is 19.5. The Morgan fingerprint density at radius 1 is 1.21 bits per heavy atom. The molecule has 1 aromatic carbocycles. The fraction of sp³-hybridized carbons (Fsp3) is 0.429. The minimum Gasteiger partial charge on any atom is -0.457 e. The van der Waals surface area contributed by atoms with E-state index in [-0.39, 0.29) is 37.9 Å². The van der Waals surface area contributed by atoms with Crippen LogP contribution in [0.5, 0.6) is 0 Å². The summed E-state index contributed by atoms with van der Waals surface area (Å²) in [6, 6.07) is 1.95. The van der Waals surface area contributed by atoms with Gasteiger partial charge in [0.05, 0.1) is 16.4 Å². The van der Waals surface area contributed by atoms with E-state index in [9.17, 15) is 31.9 Å². The highest BCUT2D eigenvalue weighted by atomic mass is 35.5. The van der Waals surface area contributed by atoms with Crippen molar-refractivity contribution in [3.63, 3.8) is 0 Å². The highest BCUT2D eigenvalue weighted by Gasteiger charge is 2.45. The van der Waals surface area contributed by atoms with Crippen molar-refractivity contribution in [2.75, 3.05) is 0 Å². The molecule has 3 rings (SSSR count). The predicted octanol–water partition coefficient (Wildman–Crippen LogP) is 3.57. The average Bonchev–Trinajstić information content (AvgIpc) is 3.07. The smallest absolute Gasteiger partial charge is 0.431 e. The molecular formula is C21H20ClF4N3O5. The maximum atomic E-state index is 14.7. The van der Waals surface area contributed by atoms with Crippen LogP contribution in [0.1, 0.15) is 45.4 Å². The molecule has 1 aliphatic rings. The second-order valence-electron chi connectivity index (χ2n) is 8.86.